The van der Waals surface area contributed by atoms with Crippen molar-refractivity contribution in [2.45, 2.75) is 6.42 Å². The van der Waals surface area contributed by atoms with Crippen LogP contribution in [0.25, 0.3) is 6.08 Å². The van der Waals surface area contributed by atoms with Gasteiger partial charge in [0.15, 0.2) is 0 Å². The number of oxime groups is 1. The fourth-order valence-corrected chi connectivity index (χ4v) is 1.62. The predicted molar refractivity (Wildman–Crippen MR) is 46.7 cm³/mol. The van der Waals surface area contributed by atoms with Gasteiger partial charge in [0, 0.05) is 5.56 Å². The molecule has 1 aliphatic carbocycles. The molecule has 3 rings (SSSR count). The molecule has 1 aromatic rings. The molecule has 0 aromatic heterocycles. The summed E-state index contributed by atoms with van der Waals surface area (Å²) in [6, 6.07) is 8.22. The van der Waals surface area contributed by atoms with E-state index >= 15 is 0 Å². The second kappa shape index (κ2) is 1.97. The van der Waals surface area contributed by atoms with E-state index in [2.05, 4.69) is 23.4 Å². The molecule has 1 heterocycles. The SMILES string of the molecule is C1=C2CC(=NO2)c2ccccc21. The van der Waals surface area contributed by atoms with Crippen LogP contribution in [0, 0.1) is 0 Å². The van der Waals surface area contributed by atoms with Crippen LogP contribution < -0.4 is 0 Å². The van der Waals surface area contributed by atoms with Crippen molar-refractivity contribution >= 4 is 11.8 Å². The minimum Gasteiger partial charge on any atom is -0.361 e. The summed E-state index contributed by atoms with van der Waals surface area (Å²) < 4.78 is 0. The first-order valence-electron chi connectivity index (χ1n) is 3.97. The lowest BCUT2D eigenvalue weighted by atomic mass is 9.95. The Morgan fingerprint density at radius 2 is 2.17 bits per heavy atom. The summed E-state index contributed by atoms with van der Waals surface area (Å²) >= 11 is 0. The molecular weight excluding hydrogens is 150 g/mol. The zero-order valence-corrected chi connectivity index (χ0v) is 6.45. The van der Waals surface area contributed by atoms with Crippen molar-refractivity contribution in [2.24, 2.45) is 5.16 Å². The lowest BCUT2D eigenvalue weighted by molar-refractivity contribution is 0.248. The molecule has 58 valence electrons. The highest BCUT2D eigenvalue weighted by Gasteiger charge is 2.22. The first-order chi connectivity index (χ1) is 5.93. The van der Waals surface area contributed by atoms with E-state index in [1.807, 2.05) is 12.1 Å². The monoisotopic (exact) mass is 157 g/mol. The first kappa shape index (κ1) is 6.00. The maximum absolute atomic E-state index is 5.11. The molecular formula is C10H7NO. The Balaban J connectivity index is 2.34. The summed E-state index contributed by atoms with van der Waals surface area (Å²) in [4.78, 5) is 5.11. The zero-order chi connectivity index (χ0) is 7.97. The van der Waals surface area contributed by atoms with Gasteiger partial charge in [-0.05, 0) is 11.6 Å². The third kappa shape index (κ3) is 0.666. The highest BCUT2D eigenvalue weighted by molar-refractivity contribution is 6.07. The number of allylic oxidation sites excluding steroid dienone is 1. The molecule has 0 fully saturated rings. The van der Waals surface area contributed by atoms with Crippen LogP contribution in [0.1, 0.15) is 17.5 Å². The fraction of sp³-hybridized carbons (Fsp3) is 0.100. The number of hydrogen-bond acceptors (Lipinski definition) is 2. The van der Waals surface area contributed by atoms with E-state index in [-0.39, 0.29) is 0 Å². The first-order valence-corrected chi connectivity index (χ1v) is 3.97. The van der Waals surface area contributed by atoms with Gasteiger partial charge >= 0.3 is 0 Å². The number of benzene rings is 1. The zero-order valence-electron chi connectivity index (χ0n) is 6.45. The van der Waals surface area contributed by atoms with Crippen LogP contribution in [0.3, 0.4) is 0 Å². The van der Waals surface area contributed by atoms with Crippen molar-refractivity contribution in [1.82, 2.24) is 0 Å². The van der Waals surface area contributed by atoms with Gasteiger partial charge in [-0.1, -0.05) is 29.4 Å². The molecule has 0 atom stereocenters. The molecule has 0 N–H and O–H groups in total. The molecule has 2 heteroatoms. The second-order valence-electron chi connectivity index (χ2n) is 3.00. The van der Waals surface area contributed by atoms with Crippen molar-refractivity contribution in [1.29, 1.82) is 0 Å². The Hall–Kier alpha value is -1.57. The molecule has 0 radical (unpaired) electrons. The van der Waals surface area contributed by atoms with Gasteiger partial charge in [0.2, 0.25) is 0 Å². The van der Waals surface area contributed by atoms with E-state index in [0.29, 0.717) is 0 Å². The van der Waals surface area contributed by atoms with E-state index in [0.717, 1.165) is 17.9 Å². The van der Waals surface area contributed by atoms with Gasteiger partial charge in [-0.3, -0.25) is 0 Å². The summed E-state index contributed by atoms with van der Waals surface area (Å²) in [6.45, 7) is 0. The molecule has 2 nitrogen and oxygen atoms in total. The molecule has 1 aromatic carbocycles. The van der Waals surface area contributed by atoms with E-state index in [1.165, 1.54) is 11.1 Å². The van der Waals surface area contributed by atoms with Crippen LogP contribution in [0.2, 0.25) is 0 Å². The molecule has 12 heavy (non-hydrogen) atoms. The van der Waals surface area contributed by atoms with Gasteiger partial charge < -0.3 is 4.84 Å². The summed E-state index contributed by atoms with van der Waals surface area (Å²) in [5.74, 6) is 0.962. The van der Waals surface area contributed by atoms with Crippen molar-refractivity contribution < 1.29 is 4.84 Å². The van der Waals surface area contributed by atoms with Crippen LogP contribution in [0.4, 0.5) is 0 Å². The van der Waals surface area contributed by atoms with Crippen LogP contribution in [0.5, 0.6) is 0 Å². The third-order valence-corrected chi connectivity index (χ3v) is 2.20. The van der Waals surface area contributed by atoms with E-state index < -0.39 is 0 Å². The average molecular weight is 157 g/mol. The van der Waals surface area contributed by atoms with Crippen molar-refractivity contribution in [3.63, 3.8) is 0 Å². The Morgan fingerprint density at radius 3 is 3.17 bits per heavy atom. The van der Waals surface area contributed by atoms with Crippen molar-refractivity contribution in [3.8, 4) is 0 Å². The highest BCUT2D eigenvalue weighted by Crippen LogP contribution is 2.29. The minimum absolute atomic E-state index is 0.858. The van der Waals surface area contributed by atoms with Crippen LogP contribution in [0.15, 0.2) is 35.2 Å². The number of nitrogens with zero attached hydrogens (tertiary/aromatic N) is 1. The summed E-state index contributed by atoms with van der Waals surface area (Å²) in [5, 5.41) is 3.99. The summed E-state index contributed by atoms with van der Waals surface area (Å²) in [7, 11) is 0. The topological polar surface area (TPSA) is 21.6 Å². The Bertz CT molecular complexity index is 404. The Labute approximate surface area is 70.2 Å². The van der Waals surface area contributed by atoms with Crippen LogP contribution in [-0.2, 0) is 4.84 Å². The Kier molecular flexibility index (Phi) is 0.987. The lowest BCUT2D eigenvalue weighted by Gasteiger charge is -2.07. The standard InChI is InChI=1S/C10H7NO/c1-2-4-9-7(3-1)5-8-6-10(9)11-12-8/h1-5H,6H2. The smallest absolute Gasteiger partial charge is 0.141 e. The maximum atomic E-state index is 5.11. The molecule has 0 amide bonds. The number of rotatable bonds is 0. The average Bonchev–Trinajstić information content (AvgIpc) is 2.49. The third-order valence-electron chi connectivity index (χ3n) is 2.20. The van der Waals surface area contributed by atoms with Gasteiger partial charge in [0.05, 0.1) is 12.1 Å². The molecule has 0 unspecified atom stereocenters. The van der Waals surface area contributed by atoms with Gasteiger partial charge in [-0.25, -0.2) is 0 Å². The van der Waals surface area contributed by atoms with E-state index in [1.54, 1.807) is 0 Å². The van der Waals surface area contributed by atoms with E-state index in [9.17, 15) is 0 Å². The molecule has 1 aliphatic heterocycles. The van der Waals surface area contributed by atoms with Crippen LogP contribution in [-0.4, -0.2) is 5.71 Å². The highest BCUT2D eigenvalue weighted by atomic mass is 16.6. The molecule has 0 spiro atoms. The minimum atomic E-state index is 0.858. The number of hydrogen-bond donors (Lipinski definition) is 0. The number of fused-ring (bicyclic) bond motifs is 4. The molecule has 2 aliphatic rings. The largest absolute Gasteiger partial charge is 0.361 e. The summed E-state index contributed by atoms with van der Waals surface area (Å²) in [6.07, 6.45) is 2.91. The normalized spacial score (nSPS) is 17.7. The van der Waals surface area contributed by atoms with Gasteiger partial charge in [-0.2, -0.15) is 0 Å². The summed E-state index contributed by atoms with van der Waals surface area (Å²) in [5.41, 5.74) is 3.48. The second-order valence-corrected chi connectivity index (χ2v) is 3.00. The molecule has 2 bridgehead atoms. The van der Waals surface area contributed by atoms with Gasteiger partial charge in [-0.15, -0.1) is 0 Å². The van der Waals surface area contributed by atoms with Crippen molar-refractivity contribution in [3.05, 3.63) is 41.2 Å². The quantitative estimate of drug-likeness (QED) is 0.565. The predicted octanol–water partition coefficient (Wildman–Crippen LogP) is 2.17. The van der Waals surface area contributed by atoms with Crippen molar-refractivity contribution in [2.75, 3.05) is 0 Å². The Morgan fingerprint density at radius 1 is 1.25 bits per heavy atom. The molecule has 0 saturated carbocycles. The van der Waals surface area contributed by atoms with Gasteiger partial charge in [0.1, 0.15) is 5.76 Å². The molecule has 0 saturated heterocycles. The van der Waals surface area contributed by atoms with Crippen LogP contribution >= 0.6 is 0 Å². The lowest BCUT2D eigenvalue weighted by Crippen LogP contribution is -2.03. The fourth-order valence-electron chi connectivity index (χ4n) is 1.62. The van der Waals surface area contributed by atoms with Gasteiger partial charge in [0.25, 0.3) is 0 Å². The van der Waals surface area contributed by atoms with E-state index in [4.69, 9.17) is 4.84 Å². The maximum Gasteiger partial charge on any atom is 0.141 e.